The minimum atomic E-state index is -0.206. The van der Waals surface area contributed by atoms with Crippen molar-refractivity contribution in [1.29, 1.82) is 0 Å². The Hall–Kier alpha value is -1.52. The molecular formula is C15H19ClN2O2. The number of ether oxygens (including phenoxy) is 1. The van der Waals surface area contributed by atoms with Crippen molar-refractivity contribution in [3.63, 3.8) is 0 Å². The van der Waals surface area contributed by atoms with E-state index < -0.39 is 0 Å². The molecular weight excluding hydrogens is 276 g/mol. The Bertz CT molecular complexity index is 607. The molecule has 2 aromatic rings. The van der Waals surface area contributed by atoms with Crippen molar-refractivity contribution in [1.82, 2.24) is 9.88 Å². The number of carbonyl (C=O) groups excluding carboxylic acids is 1. The summed E-state index contributed by atoms with van der Waals surface area (Å²) in [6, 6.07) is 5.85. The van der Waals surface area contributed by atoms with Crippen LogP contribution in [0.15, 0.2) is 24.4 Å². The molecule has 1 aromatic heterocycles. The van der Waals surface area contributed by atoms with Gasteiger partial charge in [-0.15, -0.1) is 0 Å². The SMILES string of the molecule is CCNCc1cn(CCC(=O)OC)c2cc(Cl)ccc12. The molecule has 108 valence electrons. The first-order chi connectivity index (χ1) is 9.65. The van der Waals surface area contributed by atoms with Crippen molar-refractivity contribution < 1.29 is 9.53 Å². The van der Waals surface area contributed by atoms with E-state index in [4.69, 9.17) is 11.6 Å². The molecule has 0 unspecified atom stereocenters. The largest absolute Gasteiger partial charge is 0.469 e. The molecule has 0 aliphatic heterocycles. The highest BCUT2D eigenvalue weighted by atomic mass is 35.5. The third-order valence-corrected chi connectivity index (χ3v) is 3.51. The Morgan fingerprint density at radius 3 is 2.95 bits per heavy atom. The van der Waals surface area contributed by atoms with Crippen molar-refractivity contribution in [3.8, 4) is 0 Å². The van der Waals surface area contributed by atoms with Crippen LogP contribution >= 0.6 is 11.6 Å². The molecule has 0 atom stereocenters. The molecule has 0 aliphatic carbocycles. The van der Waals surface area contributed by atoms with E-state index in [0.717, 1.165) is 18.6 Å². The van der Waals surface area contributed by atoms with E-state index in [1.54, 1.807) is 0 Å². The van der Waals surface area contributed by atoms with Crippen LogP contribution < -0.4 is 5.32 Å². The molecule has 0 bridgehead atoms. The second kappa shape index (κ2) is 6.77. The molecule has 0 aliphatic rings. The smallest absolute Gasteiger partial charge is 0.307 e. The van der Waals surface area contributed by atoms with E-state index in [1.165, 1.54) is 18.1 Å². The molecule has 2 rings (SSSR count). The van der Waals surface area contributed by atoms with Crippen LogP contribution in [0.2, 0.25) is 5.02 Å². The first-order valence-electron chi connectivity index (χ1n) is 6.70. The molecule has 0 radical (unpaired) electrons. The highest BCUT2D eigenvalue weighted by Gasteiger charge is 2.10. The molecule has 0 spiro atoms. The lowest BCUT2D eigenvalue weighted by molar-refractivity contribution is -0.140. The lowest BCUT2D eigenvalue weighted by Crippen LogP contribution is -2.11. The van der Waals surface area contributed by atoms with Crippen molar-refractivity contribution in [2.45, 2.75) is 26.4 Å². The fourth-order valence-corrected chi connectivity index (χ4v) is 2.41. The van der Waals surface area contributed by atoms with E-state index in [2.05, 4.69) is 27.7 Å². The number of halogens is 1. The summed E-state index contributed by atoms with van der Waals surface area (Å²) in [5, 5.41) is 5.19. The number of rotatable bonds is 6. The average molecular weight is 295 g/mol. The van der Waals surface area contributed by atoms with Gasteiger partial charge in [-0.2, -0.15) is 0 Å². The van der Waals surface area contributed by atoms with E-state index in [-0.39, 0.29) is 5.97 Å². The van der Waals surface area contributed by atoms with Gasteiger partial charge in [0.05, 0.1) is 13.5 Å². The van der Waals surface area contributed by atoms with E-state index in [0.29, 0.717) is 18.0 Å². The Balaban J connectivity index is 2.32. The zero-order valence-electron chi connectivity index (χ0n) is 11.8. The monoisotopic (exact) mass is 294 g/mol. The number of carbonyl (C=O) groups is 1. The van der Waals surface area contributed by atoms with Crippen molar-refractivity contribution in [2.24, 2.45) is 0 Å². The van der Waals surface area contributed by atoms with Gasteiger partial charge >= 0.3 is 5.97 Å². The molecule has 1 heterocycles. The number of nitrogens with zero attached hydrogens (tertiary/aromatic N) is 1. The molecule has 0 saturated carbocycles. The highest BCUT2D eigenvalue weighted by molar-refractivity contribution is 6.31. The minimum absolute atomic E-state index is 0.206. The number of aryl methyl sites for hydroxylation is 1. The third-order valence-electron chi connectivity index (χ3n) is 3.28. The quantitative estimate of drug-likeness (QED) is 0.833. The Labute approximate surface area is 123 Å². The second-order valence-electron chi connectivity index (χ2n) is 4.62. The third kappa shape index (κ3) is 3.32. The first-order valence-corrected chi connectivity index (χ1v) is 7.08. The molecule has 20 heavy (non-hydrogen) atoms. The van der Waals surface area contributed by atoms with Gasteiger partial charge in [0.1, 0.15) is 0 Å². The van der Waals surface area contributed by atoms with Crippen LogP contribution in [-0.2, 0) is 22.6 Å². The predicted molar refractivity (Wildman–Crippen MR) is 81.0 cm³/mol. The molecule has 0 fully saturated rings. The van der Waals surface area contributed by atoms with Gasteiger partial charge in [-0.25, -0.2) is 0 Å². The number of hydrogen-bond acceptors (Lipinski definition) is 3. The summed E-state index contributed by atoms with van der Waals surface area (Å²) in [4.78, 5) is 11.3. The van der Waals surface area contributed by atoms with Crippen molar-refractivity contribution in [2.75, 3.05) is 13.7 Å². The van der Waals surface area contributed by atoms with Crippen molar-refractivity contribution in [3.05, 3.63) is 35.0 Å². The van der Waals surface area contributed by atoms with Gasteiger partial charge in [0, 0.05) is 35.2 Å². The Kier molecular flexibility index (Phi) is 5.04. The van der Waals surface area contributed by atoms with Gasteiger partial charge in [0.15, 0.2) is 0 Å². The maximum atomic E-state index is 11.3. The van der Waals surface area contributed by atoms with Crippen LogP contribution in [0.5, 0.6) is 0 Å². The lowest BCUT2D eigenvalue weighted by atomic mass is 10.2. The fraction of sp³-hybridized carbons (Fsp3) is 0.400. The van der Waals surface area contributed by atoms with E-state index >= 15 is 0 Å². The van der Waals surface area contributed by atoms with Crippen molar-refractivity contribution >= 4 is 28.5 Å². The fourth-order valence-electron chi connectivity index (χ4n) is 2.24. The van der Waals surface area contributed by atoms with E-state index in [1.807, 2.05) is 18.2 Å². The maximum Gasteiger partial charge on any atom is 0.307 e. The van der Waals surface area contributed by atoms with Gasteiger partial charge in [-0.1, -0.05) is 24.6 Å². The normalized spacial score (nSPS) is 10.9. The summed E-state index contributed by atoms with van der Waals surface area (Å²) < 4.78 is 6.75. The standard InChI is InChI=1S/C15H19ClN2O2/c1-3-17-9-11-10-18(7-6-15(19)20-2)14-8-12(16)4-5-13(11)14/h4-5,8,10,17H,3,6-7,9H2,1-2H3. The predicted octanol–water partition coefficient (Wildman–Crippen LogP) is 2.97. The maximum absolute atomic E-state index is 11.3. The summed E-state index contributed by atoms with van der Waals surface area (Å²) in [7, 11) is 1.41. The number of methoxy groups -OCH3 is 1. The summed E-state index contributed by atoms with van der Waals surface area (Å²) in [6.07, 6.45) is 2.43. The van der Waals surface area contributed by atoms with E-state index in [9.17, 15) is 4.79 Å². The Morgan fingerprint density at radius 1 is 1.45 bits per heavy atom. The van der Waals surface area contributed by atoms with Crippen LogP contribution in [0.4, 0.5) is 0 Å². The van der Waals surface area contributed by atoms with Crippen LogP contribution in [0.3, 0.4) is 0 Å². The lowest BCUT2D eigenvalue weighted by Gasteiger charge is -2.04. The number of benzene rings is 1. The van der Waals surface area contributed by atoms with Crippen LogP contribution in [-0.4, -0.2) is 24.2 Å². The number of esters is 1. The van der Waals surface area contributed by atoms with Gasteiger partial charge in [-0.3, -0.25) is 4.79 Å². The molecule has 0 saturated heterocycles. The highest BCUT2D eigenvalue weighted by Crippen LogP contribution is 2.25. The van der Waals surface area contributed by atoms with Crippen LogP contribution in [0, 0.1) is 0 Å². The molecule has 5 heteroatoms. The number of hydrogen-bond donors (Lipinski definition) is 1. The Morgan fingerprint density at radius 2 is 2.25 bits per heavy atom. The van der Waals surface area contributed by atoms with Gasteiger partial charge < -0.3 is 14.6 Å². The zero-order valence-corrected chi connectivity index (χ0v) is 12.5. The number of aromatic nitrogens is 1. The average Bonchev–Trinajstić information content (AvgIpc) is 2.79. The zero-order chi connectivity index (χ0) is 14.5. The minimum Gasteiger partial charge on any atom is -0.469 e. The summed E-state index contributed by atoms with van der Waals surface area (Å²) >= 11 is 6.07. The van der Waals surface area contributed by atoms with Gasteiger partial charge in [0.25, 0.3) is 0 Å². The number of nitrogens with one attached hydrogen (secondary N) is 1. The molecule has 1 aromatic carbocycles. The summed E-state index contributed by atoms with van der Waals surface area (Å²) in [6.45, 7) is 4.39. The molecule has 0 amide bonds. The second-order valence-corrected chi connectivity index (χ2v) is 5.05. The van der Waals surface area contributed by atoms with Gasteiger partial charge in [-0.05, 0) is 24.2 Å². The molecule has 4 nitrogen and oxygen atoms in total. The van der Waals surface area contributed by atoms with Crippen LogP contribution in [0.1, 0.15) is 18.9 Å². The van der Waals surface area contributed by atoms with Gasteiger partial charge in [0.2, 0.25) is 0 Å². The number of fused-ring (bicyclic) bond motifs is 1. The first kappa shape index (κ1) is 14.9. The molecule has 1 N–H and O–H groups in total. The summed E-state index contributed by atoms with van der Waals surface area (Å²) in [5.41, 5.74) is 2.26. The summed E-state index contributed by atoms with van der Waals surface area (Å²) in [5.74, 6) is -0.206. The van der Waals surface area contributed by atoms with Crippen LogP contribution in [0.25, 0.3) is 10.9 Å². The topological polar surface area (TPSA) is 43.3 Å².